The fourth-order valence-electron chi connectivity index (χ4n) is 6.74. The van der Waals surface area contributed by atoms with E-state index in [1.807, 2.05) is 6.07 Å². The quantitative estimate of drug-likeness (QED) is 0.584. The summed E-state index contributed by atoms with van der Waals surface area (Å²) in [6.07, 6.45) is 7.61. The number of nitrogens with one attached hydrogen (secondary N) is 2. The number of amides is 1. The Balaban J connectivity index is 1.36. The molecule has 0 aliphatic heterocycles. The van der Waals surface area contributed by atoms with E-state index in [-0.39, 0.29) is 23.2 Å². The number of esters is 1. The monoisotopic (exact) mass is 409 g/mol. The summed E-state index contributed by atoms with van der Waals surface area (Å²) < 4.78 is 5.78. The number of carbonyl (C=O) groups is 3. The number of ketones is 1. The molecule has 4 aliphatic rings. The lowest BCUT2D eigenvalue weighted by Crippen LogP contribution is -2.64. The molecule has 2 aromatic heterocycles. The molecule has 4 aliphatic carbocycles. The standard InChI is InChI=1S/C23H27N3O4/c1-13(19(28)18-11-25-20-17(18)4-3-5-24-20)30-21(29)22-7-15-6-16(8-22)10-23(9-15,12-22)26-14(2)27/h3-5,11,13,15-16H,6-10,12H2,1-2H3,(H,24,25)(H,26,27). The van der Waals surface area contributed by atoms with Gasteiger partial charge in [0.2, 0.25) is 11.7 Å². The van der Waals surface area contributed by atoms with Crippen LogP contribution in [0.4, 0.5) is 0 Å². The van der Waals surface area contributed by atoms with Gasteiger partial charge in [0.05, 0.1) is 5.41 Å². The van der Waals surface area contributed by atoms with Crippen molar-refractivity contribution in [1.82, 2.24) is 15.3 Å². The third-order valence-corrected chi connectivity index (χ3v) is 7.30. The summed E-state index contributed by atoms with van der Waals surface area (Å²) in [5.41, 5.74) is 0.226. The highest BCUT2D eigenvalue weighted by molar-refractivity contribution is 6.09. The summed E-state index contributed by atoms with van der Waals surface area (Å²) in [7, 11) is 0. The normalized spacial score (nSPS) is 32.7. The molecule has 1 amide bonds. The van der Waals surface area contributed by atoms with Crippen molar-refractivity contribution in [1.29, 1.82) is 0 Å². The lowest BCUT2D eigenvalue weighted by Gasteiger charge is -2.60. The van der Waals surface area contributed by atoms with Crippen LogP contribution in [0.3, 0.4) is 0 Å². The number of nitrogens with zero attached hydrogens (tertiary/aromatic N) is 1. The second-order valence-electron chi connectivity index (χ2n) is 9.72. The minimum Gasteiger partial charge on any atom is -0.454 e. The first kappa shape index (κ1) is 19.3. The first-order valence-electron chi connectivity index (χ1n) is 10.8. The van der Waals surface area contributed by atoms with Gasteiger partial charge < -0.3 is 15.0 Å². The van der Waals surface area contributed by atoms with Gasteiger partial charge in [-0.2, -0.15) is 0 Å². The Bertz CT molecular complexity index is 1030. The van der Waals surface area contributed by atoms with Gasteiger partial charge in [-0.1, -0.05) is 0 Å². The Labute approximate surface area is 175 Å². The van der Waals surface area contributed by atoms with Crippen molar-refractivity contribution >= 4 is 28.7 Å². The molecule has 6 rings (SSSR count). The van der Waals surface area contributed by atoms with Crippen molar-refractivity contribution in [3.8, 4) is 0 Å². The molecule has 7 heteroatoms. The lowest BCUT2D eigenvalue weighted by atomic mass is 9.47. The van der Waals surface area contributed by atoms with E-state index < -0.39 is 11.5 Å². The Morgan fingerprint density at radius 2 is 1.97 bits per heavy atom. The van der Waals surface area contributed by atoms with Crippen LogP contribution in [0, 0.1) is 17.3 Å². The van der Waals surface area contributed by atoms with E-state index >= 15 is 0 Å². The van der Waals surface area contributed by atoms with E-state index in [0.717, 1.165) is 37.5 Å². The van der Waals surface area contributed by atoms with Gasteiger partial charge in [-0.3, -0.25) is 14.4 Å². The van der Waals surface area contributed by atoms with E-state index in [4.69, 9.17) is 4.74 Å². The number of aromatic amines is 1. The molecule has 30 heavy (non-hydrogen) atoms. The summed E-state index contributed by atoms with van der Waals surface area (Å²) in [4.78, 5) is 45.4. The minimum absolute atomic E-state index is 0.0445. The highest BCUT2D eigenvalue weighted by atomic mass is 16.5. The average molecular weight is 409 g/mol. The predicted octanol–water partition coefficient (Wildman–Crippen LogP) is 3.15. The average Bonchev–Trinajstić information content (AvgIpc) is 3.09. The second kappa shape index (κ2) is 6.65. The van der Waals surface area contributed by atoms with E-state index in [1.165, 1.54) is 0 Å². The number of aromatic nitrogens is 2. The topological polar surface area (TPSA) is 101 Å². The van der Waals surface area contributed by atoms with Gasteiger partial charge in [0.15, 0.2) is 6.10 Å². The maximum Gasteiger partial charge on any atom is 0.312 e. The zero-order valence-corrected chi connectivity index (χ0v) is 17.4. The molecule has 3 unspecified atom stereocenters. The van der Waals surface area contributed by atoms with Crippen molar-refractivity contribution in [2.45, 2.75) is 64.0 Å². The highest BCUT2D eigenvalue weighted by Gasteiger charge is 2.61. The highest BCUT2D eigenvalue weighted by Crippen LogP contribution is 2.62. The summed E-state index contributed by atoms with van der Waals surface area (Å²) in [6, 6.07) is 3.61. The van der Waals surface area contributed by atoms with Gasteiger partial charge in [-0.15, -0.1) is 0 Å². The number of fused-ring (bicyclic) bond motifs is 1. The van der Waals surface area contributed by atoms with E-state index in [0.29, 0.717) is 29.5 Å². The number of hydrogen-bond acceptors (Lipinski definition) is 5. The molecule has 2 heterocycles. The fraction of sp³-hybridized carbons (Fsp3) is 0.565. The van der Waals surface area contributed by atoms with E-state index in [9.17, 15) is 14.4 Å². The van der Waals surface area contributed by atoms with Crippen molar-refractivity contribution in [2.24, 2.45) is 17.3 Å². The number of pyridine rings is 1. The third-order valence-electron chi connectivity index (χ3n) is 7.30. The van der Waals surface area contributed by atoms with Crippen molar-refractivity contribution < 1.29 is 19.1 Å². The molecule has 3 atom stereocenters. The van der Waals surface area contributed by atoms with Crippen LogP contribution in [0.1, 0.15) is 62.7 Å². The van der Waals surface area contributed by atoms with Crippen LogP contribution in [-0.2, 0) is 14.3 Å². The van der Waals surface area contributed by atoms with E-state index in [1.54, 1.807) is 32.3 Å². The van der Waals surface area contributed by atoms with Crippen molar-refractivity contribution in [3.63, 3.8) is 0 Å². The molecule has 0 radical (unpaired) electrons. The number of ether oxygens (including phenoxy) is 1. The largest absolute Gasteiger partial charge is 0.454 e. The third kappa shape index (κ3) is 3.02. The first-order valence-corrected chi connectivity index (χ1v) is 10.8. The Kier molecular flexibility index (Phi) is 4.27. The fourth-order valence-corrected chi connectivity index (χ4v) is 6.74. The van der Waals surface area contributed by atoms with Gasteiger partial charge in [0.1, 0.15) is 5.65 Å². The van der Waals surface area contributed by atoms with Gasteiger partial charge in [0.25, 0.3) is 0 Å². The van der Waals surface area contributed by atoms with Crippen LogP contribution >= 0.6 is 0 Å². The minimum atomic E-state index is -0.874. The van der Waals surface area contributed by atoms with Crippen LogP contribution in [0.15, 0.2) is 24.5 Å². The molecule has 0 aromatic carbocycles. The number of rotatable bonds is 5. The van der Waals surface area contributed by atoms with Crippen molar-refractivity contribution in [3.05, 3.63) is 30.1 Å². The first-order chi connectivity index (χ1) is 14.3. The molecule has 0 spiro atoms. The number of H-pyrrole nitrogens is 1. The van der Waals surface area contributed by atoms with Crippen molar-refractivity contribution in [2.75, 3.05) is 0 Å². The summed E-state index contributed by atoms with van der Waals surface area (Å²) in [5.74, 6) is 0.290. The Morgan fingerprint density at radius 3 is 2.67 bits per heavy atom. The number of carbonyl (C=O) groups excluding carboxylic acids is 3. The van der Waals surface area contributed by atoms with Gasteiger partial charge in [-0.25, -0.2) is 4.98 Å². The Morgan fingerprint density at radius 1 is 1.23 bits per heavy atom. The van der Waals surface area contributed by atoms with E-state index in [2.05, 4.69) is 15.3 Å². The maximum atomic E-state index is 13.4. The molecule has 4 saturated carbocycles. The molecule has 7 nitrogen and oxygen atoms in total. The lowest BCUT2D eigenvalue weighted by molar-refractivity contribution is -0.178. The molecule has 158 valence electrons. The summed E-state index contributed by atoms with van der Waals surface area (Å²) in [6.45, 7) is 3.18. The van der Waals surface area contributed by atoms with Crippen LogP contribution in [-0.4, -0.2) is 39.3 Å². The molecular formula is C23H27N3O4. The van der Waals surface area contributed by atoms with Gasteiger partial charge in [0, 0.05) is 35.8 Å². The van der Waals surface area contributed by atoms with Crippen LogP contribution < -0.4 is 5.32 Å². The second-order valence-corrected chi connectivity index (χ2v) is 9.72. The molecule has 4 bridgehead atoms. The number of Topliss-reactive ketones (excluding diaryl/α,β-unsaturated/α-hetero) is 1. The van der Waals surface area contributed by atoms with Crippen LogP contribution in [0.25, 0.3) is 11.0 Å². The number of hydrogen-bond donors (Lipinski definition) is 2. The van der Waals surface area contributed by atoms with Crippen LogP contribution in [0.2, 0.25) is 0 Å². The maximum absolute atomic E-state index is 13.4. The predicted molar refractivity (Wildman–Crippen MR) is 110 cm³/mol. The zero-order chi connectivity index (χ0) is 21.1. The van der Waals surface area contributed by atoms with Crippen LogP contribution in [0.5, 0.6) is 0 Å². The molecule has 4 fully saturated rings. The molecule has 2 aromatic rings. The zero-order valence-electron chi connectivity index (χ0n) is 17.4. The van der Waals surface area contributed by atoms with Gasteiger partial charge >= 0.3 is 5.97 Å². The smallest absolute Gasteiger partial charge is 0.312 e. The van der Waals surface area contributed by atoms with Gasteiger partial charge in [-0.05, 0) is 69.4 Å². The molecular weight excluding hydrogens is 382 g/mol. The summed E-state index contributed by atoms with van der Waals surface area (Å²) in [5, 5.41) is 3.89. The SMILES string of the molecule is CC(=O)NC12CC3CC(C1)CC(C(=O)OC(C)C(=O)c1c[nH]c4ncccc14)(C3)C2. The molecule has 0 saturated heterocycles. The Hall–Kier alpha value is -2.70. The summed E-state index contributed by atoms with van der Waals surface area (Å²) >= 11 is 0. The molecule has 2 N–H and O–H groups in total.